The molecule has 1 heterocycles. The third-order valence-electron chi connectivity index (χ3n) is 4.72. The number of anilines is 2. The predicted molar refractivity (Wildman–Crippen MR) is 146 cm³/mol. The van der Waals surface area contributed by atoms with Crippen LogP contribution < -0.4 is 10.6 Å². The monoisotopic (exact) mass is 633 g/mol. The average molecular weight is 634 g/mol. The highest BCUT2D eigenvalue weighted by Gasteiger charge is 2.15. The van der Waals surface area contributed by atoms with Crippen LogP contribution in [0.3, 0.4) is 0 Å². The number of halogens is 2. The van der Waals surface area contributed by atoms with Crippen molar-refractivity contribution < 1.29 is 4.79 Å². The van der Waals surface area contributed by atoms with Gasteiger partial charge in [0.15, 0.2) is 11.0 Å². The molecule has 0 aliphatic heterocycles. The van der Waals surface area contributed by atoms with Crippen LogP contribution in [0.15, 0.2) is 88.5 Å². The summed E-state index contributed by atoms with van der Waals surface area (Å²) >= 11 is 7.26. The van der Waals surface area contributed by atoms with Gasteiger partial charge in [0.25, 0.3) is 0 Å². The van der Waals surface area contributed by atoms with Crippen molar-refractivity contribution in [3.05, 3.63) is 92.7 Å². The van der Waals surface area contributed by atoms with E-state index in [9.17, 15) is 4.79 Å². The first kappa shape index (κ1) is 23.8. The van der Waals surface area contributed by atoms with E-state index in [1.54, 1.807) is 0 Å². The number of hydrogen-bond acceptors (Lipinski definition) is 5. The van der Waals surface area contributed by atoms with Crippen LogP contribution in [0, 0.1) is 3.57 Å². The molecule has 0 spiro atoms. The van der Waals surface area contributed by atoms with Crippen molar-refractivity contribution >= 4 is 67.6 Å². The van der Waals surface area contributed by atoms with Gasteiger partial charge in [0.2, 0.25) is 5.91 Å². The van der Waals surface area contributed by atoms with Crippen LogP contribution >= 0.6 is 50.3 Å². The minimum absolute atomic E-state index is 0.0409. The molecule has 0 atom stereocenters. The van der Waals surface area contributed by atoms with E-state index in [2.05, 4.69) is 71.5 Å². The number of thioether (sulfide) groups is 1. The lowest BCUT2D eigenvalue weighted by Gasteiger charge is -2.11. The summed E-state index contributed by atoms with van der Waals surface area (Å²) in [7, 11) is 0. The van der Waals surface area contributed by atoms with Gasteiger partial charge in [-0.1, -0.05) is 42.1 Å². The molecule has 2 N–H and O–H groups in total. The number of carbonyl (C=O) groups is 1. The molecule has 0 aliphatic rings. The Morgan fingerprint density at radius 2 is 1.70 bits per heavy atom. The fourth-order valence-corrected chi connectivity index (χ4v) is 4.76. The Labute approximate surface area is 218 Å². The van der Waals surface area contributed by atoms with Crippen LogP contribution in [0.1, 0.15) is 12.2 Å². The number of aromatic nitrogens is 3. The largest absolute Gasteiger partial charge is 0.378 e. The van der Waals surface area contributed by atoms with Crippen molar-refractivity contribution in [1.82, 2.24) is 14.8 Å². The van der Waals surface area contributed by atoms with Crippen molar-refractivity contribution in [3.8, 4) is 5.69 Å². The summed E-state index contributed by atoms with van der Waals surface area (Å²) in [5, 5.41) is 15.9. The van der Waals surface area contributed by atoms with Crippen molar-refractivity contribution in [2.45, 2.75) is 18.1 Å². The van der Waals surface area contributed by atoms with Gasteiger partial charge >= 0.3 is 0 Å². The first-order chi connectivity index (χ1) is 16.1. The molecule has 9 heteroatoms. The zero-order chi connectivity index (χ0) is 23.0. The fraction of sp³-hybridized carbons (Fsp3) is 0.125. The molecule has 0 fully saturated rings. The van der Waals surface area contributed by atoms with Crippen molar-refractivity contribution in [2.24, 2.45) is 0 Å². The lowest BCUT2D eigenvalue weighted by atomic mass is 10.3. The molecule has 0 aliphatic carbocycles. The minimum atomic E-state index is -0.0409. The molecule has 1 aromatic heterocycles. The SMILES string of the molecule is O=C(CCSc1nnc(CNc2ccc(I)cc2)n1-c1ccccc1)Nc1ccccc1Br. The maximum Gasteiger partial charge on any atom is 0.225 e. The molecular formula is C24H21BrIN5OS. The maximum absolute atomic E-state index is 12.4. The summed E-state index contributed by atoms with van der Waals surface area (Å²) in [5.41, 5.74) is 2.78. The van der Waals surface area contributed by atoms with E-state index >= 15 is 0 Å². The molecule has 4 rings (SSSR count). The van der Waals surface area contributed by atoms with Gasteiger partial charge in [-0.15, -0.1) is 10.2 Å². The molecule has 33 heavy (non-hydrogen) atoms. The second kappa shape index (κ2) is 11.7. The average Bonchev–Trinajstić information content (AvgIpc) is 3.23. The number of amides is 1. The normalized spacial score (nSPS) is 10.7. The molecule has 1 amide bonds. The van der Waals surface area contributed by atoms with Gasteiger partial charge in [-0.25, -0.2) is 0 Å². The first-order valence-corrected chi connectivity index (χ1v) is 13.1. The number of para-hydroxylation sites is 2. The number of rotatable bonds is 9. The van der Waals surface area contributed by atoms with Gasteiger partial charge in [0.1, 0.15) is 0 Å². The van der Waals surface area contributed by atoms with E-state index in [1.165, 1.54) is 15.3 Å². The molecule has 0 saturated heterocycles. The van der Waals surface area contributed by atoms with Gasteiger partial charge < -0.3 is 10.6 Å². The Morgan fingerprint density at radius 3 is 2.45 bits per heavy atom. The standard InChI is InChI=1S/C24H21BrIN5OS/c25-20-8-4-5-9-21(20)28-23(32)14-15-33-24-30-29-22(31(24)19-6-2-1-3-7-19)16-27-18-12-10-17(26)11-13-18/h1-13,27H,14-16H2,(H,28,32). The van der Waals surface area contributed by atoms with Crippen molar-refractivity contribution in [3.63, 3.8) is 0 Å². The lowest BCUT2D eigenvalue weighted by molar-refractivity contribution is -0.115. The highest BCUT2D eigenvalue weighted by Crippen LogP contribution is 2.25. The quantitative estimate of drug-likeness (QED) is 0.166. The summed E-state index contributed by atoms with van der Waals surface area (Å²) < 4.78 is 4.09. The van der Waals surface area contributed by atoms with Crippen LogP contribution in [0.25, 0.3) is 5.69 Å². The summed E-state index contributed by atoms with van der Waals surface area (Å²) in [6.45, 7) is 0.533. The van der Waals surface area contributed by atoms with E-state index in [-0.39, 0.29) is 5.91 Å². The Morgan fingerprint density at radius 1 is 0.970 bits per heavy atom. The van der Waals surface area contributed by atoms with E-state index in [0.717, 1.165) is 32.5 Å². The molecular weight excluding hydrogens is 613 g/mol. The Bertz CT molecular complexity index is 1220. The fourth-order valence-electron chi connectivity index (χ4n) is 3.10. The molecule has 0 radical (unpaired) electrons. The first-order valence-electron chi connectivity index (χ1n) is 10.3. The van der Waals surface area contributed by atoms with E-state index in [4.69, 9.17) is 0 Å². The zero-order valence-corrected chi connectivity index (χ0v) is 22.1. The zero-order valence-electron chi connectivity index (χ0n) is 17.5. The smallest absolute Gasteiger partial charge is 0.225 e. The van der Waals surface area contributed by atoms with E-state index in [1.807, 2.05) is 71.3 Å². The van der Waals surface area contributed by atoms with Gasteiger partial charge in [0.05, 0.1) is 12.2 Å². The lowest BCUT2D eigenvalue weighted by Crippen LogP contribution is -2.13. The predicted octanol–water partition coefficient (Wildman–Crippen LogP) is 6.37. The maximum atomic E-state index is 12.4. The van der Waals surface area contributed by atoms with Gasteiger partial charge in [-0.05, 0) is 87.1 Å². The van der Waals surface area contributed by atoms with Crippen LogP contribution in [-0.2, 0) is 11.3 Å². The second-order valence-electron chi connectivity index (χ2n) is 7.06. The Kier molecular flexibility index (Phi) is 8.40. The van der Waals surface area contributed by atoms with Gasteiger partial charge in [-0.2, -0.15) is 0 Å². The van der Waals surface area contributed by atoms with Crippen LogP contribution in [-0.4, -0.2) is 26.4 Å². The highest BCUT2D eigenvalue weighted by atomic mass is 127. The summed E-state index contributed by atoms with van der Waals surface area (Å²) in [5.74, 6) is 1.35. The molecule has 168 valence electrons. The van der Waals surface area contributed by atoms with Crippen LogP contribution in [0.5, 0.6) is 0 Å². The highest BCUT2D eigenvalue weighted by molar-refractivity contribution is 14.1. The van der Waals surface area contributed by atoms with Crippen molar-refractivity contribution in [1.29, 1.82) is 0 Å². The Balaban J connectivity index is 1.43. The summed E-state index contributed by atoms with van der Waals surface area (Å²) in [6.07, 6.45) is 0.365. The molecule has 3 aromatic carbocycles. The van der Waals surface area contributed by atoms with E-state index in [0.29, 0.717) is 18.7 Å². The number of hydrogen-bond donors (Lipinski definition) is 2. The molecule has 0 saturated carbocycles. The number of nitrogens with one attached hydrogen (secondary N) is 2. The molecule has 0 unspecified atom stereocenters. The number of carbonyl (C=O) groups excluding carboxylic acids is 1. The second-order valence-corrected chi connectivity index (χ2v) is 10.2. The third-order valence-corrected chi connectivity index (χ3v) is 7.06. The van der Waals surface area contributed by atoms with Crippen LogP contribution in [0.4, 0.5) is 11.4 Å². The summed E-state index contributed by atoms with van der Waals surface area (Å²) in [4.78, 5) is 12.4. The Hall–Kier alpha value is -2.37. The minimum Gasteiger partial charge on any atom is -0.378 e. The number of benzene rings is 3. The van der Waals surface area contributed by atoms with Crippen molar-refractivity contribution in [2.75, 3.05) is 16.4 Å². The molecule has 4 aromatic rings. The molecule has 6 nitrogen and oxygen atoms in total. The number of nitrogens with zero attached hydrogens (tertiary/aromatic N) is 3. The van der Waals surface area contributed by atoms with Crippen LogP contribution in [0.2, 0.25) is 0 Å². The summed E-state index contributed by atoms with van der Waals surface area (Å²) in [6, 6.07) is 25.8. The topological polar surface area (TPSA) is 71.8 Å². The van der Waals surface area contributed by atoms with E-state index < -0.39 is 0 Å². The van der Waals surface area contributed by atoms with Gasteiger partial charge in [-0.3, -0.25) is 9.36 Å². The molecule has 0 bridgehead atoms. The third kappa shape index (κ3) is 6.58. The van der Waals surface area contributed by atoms with Gasteiger partial charge in [0, 0.05) is 31.6 Å².